The van der Waals surface area contributed by atoms with Gasteiger partial charge in [-0.1, -0.05) is 6.92 Å². The summed E-state index contributed by atoms with van der Waals surface area (Å²) in [6.45, 7) is 9.70. The predicted molar refractivity (Wildman–Crippen MR) is 81.8 cm³/mol. The van der Waals surface area contributed by atoms with Crippen molar-refractivity contribution in [2.75, 3.05) is 46.4 Å². The third kappa shape index (κ3) is 6.20. The molecular formula is C15H31N3O2. The third-order valence-electron chi connectivity index (χ3n) is 3.99. The molecule has 1 fully saturated rings. The quantitative estimate of drug-likeness (QED) is 0.617. The smallest absolute Gasteiger partial charge is 0.237 e. The fourth-order valence-corrected chi connectivity index (χ4v) is 2.71. The fourth-order valence-electron chi connectivity index (χ4n) is 2.71. The highest BCUT2D eigenvalue weighted by Gasteiger charge is 2.26. The molecule has 1 saturated heterocycles. The summed E-state index contributed by atoms with van der Waals surface area (Å²) < 4.78 is 4.98. The molecule has 1 aliphatic rings. The van der Waals surface area contributed by atoms with Crippen LogP contribution in [0.1, 0.15) is 33.1 Å². The largest absolute Gasteiger partial charge is 0.385 e. The zero-order valence-corrected chi connectivity index (χ0v) is 13.3. The molecule has 5 heteroatoms. The highest BCUT2D eigenvalue weighted by atomic mass is 16.5. The van der Waals surface area contributed by atoms with E-state index in [2.05, 4.69) is 22.5 Å². The van der Waals surface area contributed by atoms with E-state index in [-0.39, 0.29) is 11.9 Å². The first-order valence-corrected chi connectivity index (χ1v) is 7.90. The summed E-state index contributed by atoms with van der Waals surface area (Å²) in [4.78, 5) is 14.4. The summed E-state index contributed by atoms with van der Waals surface area (Å²) in [5.74, 6) is 0.817. The van der Waals surface area contributed by atoms with Crippen LogP contribution in [0.25, 0.3) is 0 Å². The van der Waals surface area contributed by atoms with E-state index < -0.39 is 0 Å². The van der Waals surface area contributed by atoms with Crippen molar-refractivity contribution < 1.29 is 9.53 Å². The number of nitrogens with zero attached hydrogens (tertiary/aromatic N) is 1. The normalized spacial score (nSPS) is 21.6. The molecule has 2 atom stereocenters. The SMILES string of the molecule is CCNCC1CCCN(C(C)C(=O)NCCCOC)C1. The number of nitrogens with one attached hydrogen (secondary N) is 2. The van der Waals surface area contributed by atoms with E-state index in [0.29, 0.717) is 19.1 Å². The van der Waals surface area contributed by atoms with Crippen molar-refractivity contribution in [3.8, 4) is 0 Å². The molecule has 0 saturated carbocycles. The molecule has 1 amide bonds. The van der Waals surface area contributed by atoms with Crippen LogP contribution in [0.3, 0.4) is 0 Å². The van der Waals surface area contributed by atoms with Gasteiger partial charge in [-0.3, -0.25) is 9.69 Å². The van der Waals surface area contributed by atoms with E-state index in [9.17, 15) is 4.79 Å². The number of methoxy groups -OCH3 is 1. The lowest BCUT2D eigenvalue weighted by atomic mass is 9.96. The van der Waals surface area contributed by atoms with Gasteiger partial charge in [0.1, 0.15) is 0 Å². The van der Waals surface area contributed by atoms with E-state index >= 15 is 0 Å². The number of carbonyl (C=O) groups is 1. The average Bonchev–Trinajstić information content (AvgIpc) is 2.48. The molecule has 1 heterocycles. The molecule has 0 spiro atoms. The van der Waals surface area contributed by atoms with Crippen LogP contribution in [-0.2, 0) is 9.53 Å². The molecule has 1 aliphatic heterocycles. The molecule has 0 aromatic rings. The van der Waals surface area contributed by atoms with E-state index in [0.717, 1.165) is 32.6 Å². The van der Waals surface area contributed by atoms with Gasteiger partial charge in [0.05, 0.1) is 6.04 Å². The van der Waals surface area contributed by atoms with Gasteiger partial charge in [-0.2, -0.15) is 0 Å². The molecule has 118 valence electrons. The summed E-state index contributed by atoms with van der Waals surface area (Å²) in [5.41, 5.74) is 0. The van der Waals surface area contributed by atoms with Crippen LogP contribution >= 0.6 is 0 Å². The molecule has 2 unspecified atom stereocenters. The molecule has 2 N–H and O–H groups in total. The number of carbonyl (C=O) groups excluding carboxylic acids is 1. The van der Waals surface area contributed by atoms with Crippen LogP contribution in [-0.4, -0.2) is 63.3 Å². The zero-order valence-electron chi connectivity index (χ0n) is 13.3. The predicted octanol–water partition coefficient (Wildman–Crippen LogP) is 0.849. The standard InChI is InChI=1S/C15H31N3O2/c1-4-16-11-14-7-5-9-18(12-14)13(2)15(19)17-8-6-10-20-3/h13-14,16H,4-12H2,1-3H3,(H,17,19). The van der Waals surface area contributed by atoms with Crippen molar-refractivity contribution in [2.24, 2.45) is 5.92 Å². The number of piperidine rings is 1. The summed E-state index contributed by atoms with van der Waals surface area (Å²) in [6, 6.07) is -0.0260. The first-order chi connectivity index (χ1) is 9.69. The van der Waals surface area contributed by atoms with Crippen molar-refractivity contribution in [1.29, 1.82) is 0 Å². The molecule has 0 aromatic heterocycles. The van der Waals surface area contributed by atoms with Crippen molar-refractivity contribution in [2.45, 2.75) is 39.2 Å². The minimum absolute atomic E-state index is 0.0260. The number of ether oxygens (including phenoxy) is 1. The summed E-state index contributed by atoms with van der Waals surface area (Å²) in [6.07, 6.45) is 3.33. The van der Waals surface area contributed by atoms with Gasteiger partial charge in [0.25, 0.3) is 0 Å². The number of rotatable bonds is 9. The molecule has 0 aromatic carbocycles. The minimum atomic E-state index is -0.0260. The van der Waals surface area contributed by atoms with Crippen LogP contribution in [0.2, 0.25) is 0 Å². The Bertz CT molecular complexity index is 274. The van der Waals surface area contributed by atoms with E-state index in [1.54, 1.807) is 7.11 Å². The van der Waals surface area contributed by atoms with E-state index in [4.69, 9.17) is 4.74 Å². The van der Waals surface area contributed by atoms with Crippen molar-refractivity contribution >= 4 is 5.91 Å². The second-order valence-electron chi connectivity index (χ2n) is 5.62. The molecule has 20 heavy (non-hydrogen) atoms. The summed E-state index contributed by atoms with van der Waals surface area (Å²) in [5, 5.41) is 6.41. The van der Waals surface area contributed by atoms with E-state index in [1.807, 2.05) is 6.92 Å². The Labute approximate surface area is 123 Å². The Balaban J connectivity index is 2.29. The monoisotopic (exact) mass is 285 g/mol. The van der Waals surface area contributed by atoms with Gasteiger partial charge in [0, 0.05) is 26.8 Å². The topological polar surface area (TPSA) is 53.6 Å². The van der Waals surface area contributed by atoms with Crippen molar-refractivity contribution in [3.05, 3.63) is 0 Å². The maximum absolute atomic E-state index is 12.1. The maximum Gasteiger partial charge on any atom is 0.237 e. The second-order valence-corrected chi connectivity index (χ2v) is 5.62. The second kappa shape index (κ2) is 10.1. The van der Waals surface area contributed by atoms with Crippen LogP contribution in [0.5, 0.6) is 0 Å². The molecular weight excluding hydrogens is 254 g/mol. The van der Waals surface area contributed by atoms with Crippen molar-refractivity contribution in [1.82, 2.24) is 15.5 Å². The Kier molecular flexibility index (Phi) is 8.82. The fraction of sp³-hybridized carbons (Fsp3) is 0.933. The van der Waals surface area contributed by atoms with Gasteiger partial charge in [-0.05, 0) is 51.7 Å². The third-order valence-corrected chi connectivity index (χ3v) is 3.99. The van der Waals surface area contributed by atoms with Crippen LogP contribution < -0.4 is 10.6 Å². The van der Waals surface area contributed by atoms with Gasteiger partial charge in [0.2, 0.25) is 5.91 Å². The molecule has 5 nitrogen and oxygen atoms in total. The lowest BCUT2D eigenvalue weighted by Gasteiger charge is -2.36. The maximum atomic E-state index is 12.1. The Morgan fingerprint density at radius 3 is 3.00 bits per heavy atom. The molecule has 0 bridgehead atoms. The molecule has 1 rings (SSSR count). The number of hydrogen-bond donors (Lipinski definition) is 2. The number of amides is 1. The zero-order chi connectivity index (χ0) is 14.8. The Morgan fingerprint density at radius 2 is 2.30 bits per heavy atom. The van der Waals surface area contributed by atoms with E-state index in [1.165, 1.54) is 12.8 Å². The van der Waals surface area contributed by atoms with Gasteiger partial charge < -0.3 is 15.4 Å². The van der Waals surface area contributed by atoms with Crippen LogP contribution in [0.15, 0.2) is 0 Å². The first kappa shape index (κ1) is 17.4. The lowest BCUT2D eigenvalue weighted by molar-refractivity contribution is -0.126. The van der Waals surface area contributed by atoms with Crippen molar-refractivity contribution in [3.63, 3.8) is 0 Å². The lowest BCUT2D eigenvalue weighted by Crippen LogP contribution is -2.50. The minimum Gasteiger partial charge on any atom is -0.385 e. The summed E-state index contributed by atoms with van der Waals surface area (Å²) in [7, 11) is 1.68. The van der Waals surface area contributed by atoms with Crippen LogP contribution in [0.4, 0.5) is 0 Å². The molecule has 0 aliphatic carbocycles. The molecule has 0 radical (unpaired) electrons. The van der Waals surface area contributed by atoms with Crippen LogP contribution in [0, 0.1) is 5.92 Å². The van der Waals surface area contributed by atoms with Gasteiger partial charge >= 0.3 is 0 Å². The Morgan fingerprint density at radius 1 is 1.50 bits per heavy atom. The number of likely N-dealkylation sites (tertiary alicyclic amines) is 1. The van der Waals surface area contributed by atoms with Gasteiger partial charge in [0.15, 0.2) is 0 Å². The van der Waals surface area contributed by atoms with Gasteiger partial charge in [-0.15, -0.1) is 0 Å². The highest BCUT2D eigenvalue weighted by molar-refractivity contribution is 5.81. The first-order valence-electron chi connectivity index (χ1n) is 7.90. The number of hydrogen-bond acceptors (Lipinski definition) is 4. The highest BCUT2D eigenvalue weighted by Crippen LogP contribution is 2.18. The Hall–Kier alpha value is -0.650. The average molecular weight is 285 g/mol. The summed E-state index contributed by atoms with van der Waals surface area (Å²) >= 11 is 0. The van der Waals surface area contributed by atoms with Gasteiger partial charge in [-0.25, -0.2) is 0 Å².